The minimum absolute atomic E-state index is 0.0798. The largest absolute Gasteiger partial charge is 0.465 e. The molecule has 0 fully saturated rings. The van der Waals surface area contributed by atoms with Crippen LogP contribution >= 0.6 is 0 Å². The number of amides is 2. The lowest BCUT2D eigenvalue weighted by atomic mass is 10.1. The van der Waals surface area contributed by atoms with Gasteiger partial charge in [-0.05, 0) is 30.3 Å². The van der Waals surface area contributed by atoms with Crippen LogP contribution in [0.2, 0.25) is 0 Å². The zero-order valence-electron chi connectivity index (χ0n) is 15.6. The molecule has 8 heteroatoms. The number of fused-ring (bicyclic) bond motifs is 1. The van der Waals surface area contributed by atoms with Crippen molar-refractivity contribution in [3.8, 4) is 11.5 Å². The first-order chi connectivity index (χ1) is 13.5. The van der Waals surface area contributed by atoms with E-state index in [4.69, 9.17) is 14.2 Å². The third-order valence-corrected chi connectivity index (χ3v) is 4.18. The van der Waals surface area contributed by atoms with Crippen LogP contribution in [0.4, 0.5) is 11.4 Å². The Labute approximate surface area is 162 Å². The van der Waals surface area contributed by atoms with Crippen molar-refractivity contribution < 1.29 is 28.6 Å². The van der Waals surface area contributed by atoms with E-state index >= 15 is 0 Å². The molecule has 0 unspecified atom stereocenters. The van der Waals surface area contributed by atoms with Crippen LogP contribution in [0.15, 0.2) is 42.5 Å². The van der Waals surface area contributed by atoms with E-state index in [0.29, 0.717) is 28.4 Å². The van der Waals surface area contributed by atoms with E-state index in [2.05, 4.69) is 5.32 Å². The molecule has 1 aliphatic heterocycles. The number of ether oxygens (including phenoxy) is 3. The SMILES string of the molecule is COC(=O)c1cccc(N(CCC(=O)Nc2ccc3c(c2)OCO3)C(C)=O)c1. The highest BCUT2D eigenvalue weighted by atomic mass is 16.7. The van der Waals surface area contributed by atoms with Gasteiger partial charge in [-0.1, -0.05) is 6.07 Å². The van der Waals surface area contributed by atoms with Gasteiger partial charge < -0.3 is 24.4 Å². The van der Waals surface area contributed by atoms with Crippen LogP contribution in [-0.4, -0.2) is 38.2 Å². The van der Waals surface area contributed by atoms with Crippen LogP contribution in [0, 0.1) is 0 Å². The highest BCUT2D eigenvalue weighted by molar-refractivity contribution is 5.96. The van der Waals surface area contributed by atoms with Crippen molar-refractivity contribution in [2.24, 2.45) is 0 Å². The number of esters is 1. The highest BCUT2D eigenvalue weighted by Gasteiger charge is 2.17. The number of rotatable bonds is 6. The summed E-state index contributed by atoms with van der Waals surface area (Å²) < 4.78 is 15.2. The maximum atomic E-state index is 12.3. The van der Waals surface area contributed by atoms with Crippen molar-refractivity contribution in [3.63, 3.8) is 0 Å². The maximum Gasteiger partial charge on any atom is 0.337 e. The van der Waals surface area contributed by atoms with Gasteiger partial charge in [-0.3, -0.25) is 9.59 Å². The molecule has 146 valence electrons. The Balaban J connectivity index is 1.64. The fourth-order valence-corrected chi connectivity index (χ4v) is 2.80. The molecule has 1 heterocycles. The Morgan fingerprint density at radius 3 is 2.64 bits per heavy atom. The summed E-state index contributed by atoms with van der Waals surface area (Å²) in [5.41, 5.74) is 1.43. The molecule has 28 heavy (non-hydrogen) atoms. The molecule has 0 saturated heterocycles. The Morgan fingerprint density at radius 1 is 1.11 bits per heavy atom. The van der Waals surface area contributed by atoms with E-state index < -0.39 is 5.97 Å². The average molecular weight is 384 g/mol. The number of hydrogen-bond acceptors (Lipinski definition) is 6. The monoisotopic (exact) mass is 384 g/mol. The molecule has 2 amide bonds. The second-order valence-corrected chi connectivity index (χ2v) is 6.08. The van der Waals surface area contributed by atoms with Crippen molar-refractivity contribution in [2.75, 3.05) is 30.7 Å². The van der Waals surface area contributed by atoms with E-state index in [1.54, 1.807) is 42.5 Å². The summed E-state index contributed by atoms with van der Waals surface area (Å²) in [5.74, 6) is 0.215. The van der Waals surface area contributed by atoms with Crippen LogP contribution in [0.3, 0.4) is 0 Å². The summed E-state index contributed by atoms with van der Waals surface area (Å²) in [6, 6.07) is 11.6. The summed E-state index contributed by atoms with van der Waals surface area (Å²) in [4.78, 5) is 37.5. The van der Waals surface area contributed by atoms with Crippen LogP contribution in [0.5, 0.6) is 11.5 Å². The second-order valence-electron chi connectivity index (χ2n) is 6.08. The third kappa shape index (κ3) is 4.40. The van der Waals surface area contributed by atoms with Gasteiger partial charge in [-0.2, -0.15) is 0 Å². The lowest BCUT2D eigenvalue weighted by Gasteiger charge is -2.21. The van der Waals surface area contributed by atoms with Gasteiger partial charge in [-0.25, -0.2) is 4.79 Å². The zero-order valence-corrected chi connectivity index (χ0v) is 15.6. The molecule has 0 bridgehead atoms. The van der Waals surface area contributed by atoms with Crippen LogP contribution in [-0.2, 0) is 14.3 Å². The van der Waals surface area contributed by atoms with E-state index in [9.17, 15) is 14.4 Å². The maximum absolute atomic E-state index is 12.3. The summed E-state index contributed by atoms with van der Waals surface area (Å²) in [6.45, 7) is 1.72. The summed E-state index contributed by atoms with van der Waals surface area (Å²) in [5, 5.41) is 2.77. The summed E-state index contributed by atoms with van der Waals surface area (Å²) in [7, 11) is 1.29. The first-order valence-electron chi connectivity index (χ1n) is 8.64. The van der Waals surface area contributed by atoms with Crippen molar-refractivity contribution in [1.29, 1.82) is 0 Å². The van der Waals surface area contributed by atoms with Crippen LogP contribution < -0.4 is 19.7 Å². The lowest BCUT2D eigenvalue weighted by molar-refractivity contribution is -0.117. The number of carbonyl (C=O) groups excluding carboxylic acids is 3. The predicted octanol–water partition coefficient (Wildman–Crippen LogP) is 2.58. The molecular weight excluding hydrogens is 364 g/mol. The van der Waals surface area contributed by atoms with Gasteiger partial charge in [0.25, 0.3) is 0 Å². The number of carbonyl (C=O) groups is 3. The first kappa shape index (κ1) is 19.2. The molecule has 2 aromatic rings. The number of benzene rings is 2. The smallest absolute Gasteiger partial charge is 0.337 e. The summed E-state index contributed by atoms with van der Waals surface area (Å²) in [6.07, 6.45) is 0.0798. The van der Waals surface area contributed by atoms with Crippen molar-refractivity contribution >= 4 is 29.2 Å². The van der Waals surface area contributed by atoms with Gasteiger partial charge in [0.1, 0.15) is 0 Å². The number of hydrogen-bond donors (Lipinski definition) is 1. The quantitative estimate of drug-likeness (QED) is 0.770. The lowest BCUT2D eigenvalue weighted by Crippen LogP contribution is -2.32. The molecule has 1 aliphatic rings. The zero-order chi connectivity index (χ0) is 20.1. The van der Waals surface area contributed by atoms with Crippen molar-refractivity contribution in [1.82, 2.24) is 0 Å². The Hall–Kier alpha value is -3.55. The standard InChI is InChI=1S/C20H20N2O6/c1-13(23)22(16-5-3-4-14(10-16)20(25)26-2)9-8-19(24)21-15-6-7-17-18(11-15)28-12-27-17/h3-7,10-11H,8-9,12H2,1-2H3,(H,21,24). The Bertz CT molecular complexity index is 911. The van der Waals surface area contributed by atoms with Gasteiger partial charge in [0.05, 0.1) is 12.7 Å². The molecule has 2 aromatic carbocycles. The van der Waals surface area contributed by atoms with Gasteiger partial charge in [-0.15, -0.1) is 0 Å². The van der Waals surface area contributed by atoms with E-state index in [1.807, 2.05) is 0 Å². The first-order valence-corrected chi connectivity index (χ1v) is 8.64. The molecular formula is C20H20N2O6. The predicted molar refractivity (Wildman–Crippen MR) is 102 cm³/mol. The molecule has 1 N–H and O–H groups in total. The van der Waals surface area contributed by atoms with E-state index in [-0.39, 0.29) is 31.6 Å². The Kier molecular flexibility index (Phi) is 5.78. The van der Waals surface area contributed by atoms with Crippen molar-refractivity contribution in [3.05, 3.63) is 48.0 Å². The van der Waals surface area contributed by atoms with Gasteiger partial charge >= 0.3 is 5.97 Å². The molecule has 0 spiro atoms. The topological polar surface area (TPSA) is 94.2 Å². The van der Waals surface area contributed by atoms with Gasteiger partial charge in [0.2, 0.25) is 18.6 Å². The van der Waals surface area contributed by atoms with E-state index in [1.165, 1.54) is 18.9 Å². The minimum atomic E-state index is -0.495. The second kappa shape index (κ2) is 8.43. The third-order valence-electron chi connectivity index (χ3n) is 4.18. The Morgan fingerprint density at radius 2 is 1.89 bits per heavy atom. The molecule has 8 nitrogen and oxygen atoms in total. The normalized spacial score (nSPS) is 11.6. The number of nitrogens with one attached hydrogen (secondary N) is 1. The van der Waals surface area contributed by atoms with Crippen LogP contribution in [0.1, 0.15) is 23.7 Å². The number of anilines is 2. The number of nitrogens with zero attached hydrogens (tertiary/aromatic N) is 1. The summed E-state index contributed by atoms with van der Waals surface area (Å²) >= 11 is 0. The molecule has 0 saturated carbocycles. The van der Waals surface area contributed by atoms with Crippen molar-refractivity contribution in [2.45, 2.75) is 13.3 Å². The van der Waals surface area contributed by atoms with Crippen LogP contribution in [0.25, 0.3) is 0 Å². The fraction of sp³-hybridized carbons (Fsp3) is 0.250. The number of methoxy groups -OCH3 is 1. The molecule has 0 aliphatic carbocycles. The van der Waals surface area contributed by atoms with E-state index in [0.717, 1.165) is 0 Å². The molecule has 0 atom stereocenters. The molecule has 0 aromatic heterocycles. The average Bonchev–Trinajstić information content (AvgIpc) is 3.15. The molecule has 0 radical (unpaired) electrons. The molecule has 3 rings (SSSR count). The van der Waals surface area contributed by atoms with Gasteiger partial charge in [0, 0.05) is 37.3 Å². The minimum Gasteiger partial charge on any atom is -0.465 e. The van der Waals surface area contributed by atoms with Gasteiger partial charge in [0.15, 0.2) is 11.5 Å². The fourth-order valence-electron chi connectivity index (χ4n) is 2.80. The highest BCUT2D eigenvalue weighted by Crippen LogP contribution is 2.34.